The fourth-order valence-electron chi connectivity index (χ4n) is 1.49. The molecule has 0 fully saturated rings. The number of carbonyl (C=O) groups is 1. The molecule has 1 aromatic heterocycles. The molecular formula is C11H17N5OS. The lowest BCUT2D eigenvalue weighted by atomic mass is 10.2. The molecule has 1 aromatic rings. The number of nitrogens with one attached hydrogen (secondary N) is 1. The smallest absolute Gasteiger partial charge is 0.253 e. The molecule has 7 heteroatoms. The van der Waals surface area contributed by atoms with Crippen LogP contribution in [0.5, 0.6) is 0 Å². The molecule has 98 valence electrons. The predicted octanol–water partition coefficient (Wildman–Crippen LogP) is 0.664. The Morgan fingerprint density at radius 2 is 2.22 bits per heavy atom. The molecular weight excluding hydrogens is 250 g/mol. The molecule has 0 spiro atoms. The molecule has 0 aliphatic rings. The average Bonchev–Trinajstić information content (AvgIpc) is 2.61. The highest BCUT2D eigenvalue weighted by Crippen LogP contribution is 2.34. The van der Waals surface area contributed by atoms with Gasteiger partial charge in [0.25, 0.3) is 5.91 Å². The van der Waals surface area contributed by atoms with E-state index < -0.39 is 5.91 Å². The molecule has 0 radical (unpaired) electrons. The van der Waals surface area contributed by atoms with Gasteiger partial charge in [0, 0.05) is 6.54 Å². The van der Waals surface area contributed by atoms with Crippen molar-refractivity contribution in [1.82, 2.24) is 4.90 Å². The quantitative estimate of drug-likeness (QED) is 0.656. The highest BCUT2D eigenvalue weighted by molar-refractivity contribution is 7.17. The second-order valence-corrected chi connectivity index (χ2v) is 5.13. The van der Waals surface area contributed by atoms with Crippen molar-refractivity contribution >= 4 is 27.9 Å². The minimum absolute atomic E-state index is 0.171. The van der Waals surface area contributed by atoms with Crippen LogP contribution >= 0.6 is 11.3 Å². The summed E-state index contributed by atoms with van der Waals surface area (Å²) in [5, 5.41) is 12.6. The molecule has 0 saturated carbocycles. The maximum atomic E-state index is 11.3. The van der Waals surface area contributed by atoms with E-state index in [2.05, 4.69) is 10.2 Å². The van der Waals surface area contributed by atoms with E-state index >= 15 is 0 Å². The van der Waals surface area contributed by atoms with Gasteiger partial charge in [-0.05, 0) is 27.1 Å². The number of rotatable bonds is 6. The van der Waals surface area contributed by atoms with Gasteiger partial charge in [-0.1, -0.05) is 0 Å². The van der Waals surface area contributed by atoms with Crippen LogP contribution in [0.2, 0.25) is 0 Å². The lowest BCUT2D eigenvalue weighted by Gasteiger charge is -2.10. The number of nitrogen functional groups attached to an aromatic ring is 1. The molecule has 0 unspecified atom stereocenters. The van der Waals surface area contributed by atoms with Crippen LogP contribution in [0.4, 0.5) is 10.7 Å². The second-order valence-electron chi connectivity index (χ2n) is 4.11. The summed E-state index contributed by atoms with van der Waals surface area (Å²) in [7, 11) is 3.98. The second kappa shape index (κ2) is 6.23. The lowest BCUT2D eigenvalue weighted by Crippen LogP contribution is -2.18. The van der Waals surface area contributed by atoms with E-state index in [9.17, 15) is 4.79 Å². The van der Waals surface area contributed by atoms with Crippen molar-refractivity contribution in [3.8, 4) is 6.07 Å². The minimum Gasteiger partial charge on any atom is -0.396 e. The molecule has 1 rings (SSSR count). The summed E-state index contributed by atoms with van der Waals surface area (Å²) in [5.41, 5.74) is 11.4. The number of hydrogen-bond acceptors (Lipinski definition) is 6. The van der Waals surface area contributed by atoms with E-state index in [4.69, 9.17) is 16.7 Å². The zero-order valence-corrected chi connectivity index (χ0v) is 11.3. The monoisotopic (exact) mass is 267 g/mol. The standard InChI is InChI=1S/C11H17N5OS/c1-16(2)5-3-4-15-11-8(10(14)17)9(13)7(6-12)18-11/h15H,3-5,13H2,1-2H3,(H2,14,17). The van der Waals surface area contributed by atoms with Crippen LogP contribution in [0.25, 0.3) is 0 Å². The largest absolute Gasteiger partial charge is 0.396 e. The number of nitrogens with two attached hydrogens (primary N) is 2. The fraction of sp³-hybridized carbons (Fsp3) is 0.455. The molecule has 0 saturated heterocycles. The Hall–Kier alpha value is -1.78. The fourth-order valence-corrected chi connectivity index (χ4v) is 2.44. The lowest BCUT2D eigenvalue weighted by molar-refractivity contribution is 0.100. The van der Waals surface area contributed by atoms with E-state index in [1.165, 1.54) is 0 Å². The Morgan fingerprint density at radius 1 is 1.56 bits per heavy atom. The summed E-state index contributed by atoms with van der Waals surface area (Å²) in [6.07, 6.45) is 0.922. The zero-order chi connectivity index (χ0) is 13.7. The van der Waals surface area contributed by atoms with E-state index in [0.717, 1.165) is 24.3 Å². The molecule has 0 bridgehead atoms. The molecule has 5 N–H and O–H groups in total. The van der Waals surface area contributed by atoms with Gasteiger partial charge in [-0.25, -0.2) is 0 Å². The number of anilines is 2. The number of hydrogen-bond donors (Lipinski definition) is 3. The van der Waals surface area contributed by atoms with Crippen LogP contribution in [0, 0.1) is 11.3 Å². The summed E-state index contributed by atoms with van der Waals surface area (Å²) in [4.78, 5) is 13.7. The van der Waals surface area contributed by atoms with Crippen LogP contribution in [-0.4, -0.2) is 38.0 Å². The molecule has 6 nitrogen and oxygen atoms in total. The predicted molar refractivity (Wildman–Crippen MR) is 73.6 cm³/mol. The third-order valence-corrected chi connectivity index (χ3v) is 3.43. The SMILES string of the molecule is CN(C)CCCNc1sc(C#N)c(N)c1C(N)=O. The van der Waals surface area contributed by atoms with Gasteiger partial charge in [0.05, 0.1) is 11.3 Å². The Morgan fingerprint density at radius 3 is 2.72 bits per heavy atom. The number of carbonyl (C=O) groups excluding carboxylic acids is 1. The molecule has 0 atom stereocenters. The molecule has 0 aliphatic carbocycles. The first-order chi connectivity index (χ1) is 8.47. The Balaban J connectivity index is 2.76. The minimum atomic E-state index is -0.611. The topological polar surface area (TPSA) is 108 Å². The van der Waals surface area contributed by atoms with Crippen molar-refractivity contribution in [1.29, 1.82) is 5.26 Å². The average molecular weight is 267 g/mol. The summed E-state index contributed by atoms with van der Waals surface area (Å²) in [6.45, 7) is 1.63. The third-order valence-electron chi connectivity index (χ3n) is 2.36. The highest BCUT2D eigenvalue weighted by atomic mass is 32.1. The van der Waals surface area contributed by atoms with Crippen LogP contribution in [0.3, 0.4) is 0 Å². The van der Waals surface area contributed by atoms with E-state index in [1.807, 2.05) is 20.2 Å². The number of nitriles is 1. The molecule has 1 amide bonds. The van der Waals surface area contributed by atoms with Crippen LogP contribution in [0.15, 0.2) is 0 Å². The van der Waals surface area contributed by atoms with E-state index in [1.54, 1.807) is 0 Å². The van der Waals surface area contributed by atoms with Gasteiger partial charge in [-0.3, -0.25) is 4.79 Å². The van der Waals surface area contributed by atoms with Gasteiger partial charge in [-0.15, -0.1) is 11.3 Å². The Bertz CT molecular complexity index is 475. The van der Waals surface area contributed by atoms with Crippen LogP contribution < -0.4 is 16.8 Å². The first-order valence-electron chi connectivity index (χ1n) is 5.48. The van der Waals surface area contributed by atoms with Gasteiger partial charge in [0.15, 0.2) is 0 Å². The number of primary amides is 1. The normalized spacial score (nSPS) is 10.3. The highest BCUT2D eigenvalue weighted by Gasteiger charge is 2.19. The van der Waals surface area contributed by atoms with Gasteiger partial charge < -0.3 is 21.7 Å². The zero-order valence-electron chi connectivity index (χ0n) is 10.5. The van der Waals surface area contributed by atoms with Crippen LogP contribution in [-0.2, 0) is 0 Å². The Kier molecular flexibility index (Phi) is 4.95. The van der Waals surface area contributed by atoms with E-state index in [-0.39, 0.29) is 11.3 Å². The van der Waals surface area contributed by atoms with Gasteiger partial charge in [-0.2, -0.15) is 5.26 Å². The van der Waals surface area contributed by atoms with Gasteiger partial charge >= 0.3 is 0 Å². The molecule has 0 aliphatic heterocycles. The maximum Gasteiger partial charge on any atom is 0.253 e. The van der Waals surface area contributed by atoms with Crippen molar-refractivity contribution in [3.05, 3.63) is 10.4 Å². The van der Waals surface area contributed by atoms with Crippen molar-refractivity contribution in [2.45, 2.75) is 6.42 Å². The molecule has 18 heavy (non-hydrogen) atoms. The van der Waals surface area contributed by atoms with Gasteiger partial charge in [0.1, 0.15) is 15.9 Å². The first-order valence-corrected chi connectivity index (χ1v) is 6.29. The summed E-state index contributed by atoms with van der Waals surface area (Å²) < 4.78 is 0. The first kappa shape index (κ1) is 14.3. The van der Waals surface area contributed by atoms with Crippen molar-refractivity contribution in [2.75, 3.05) is 38.2 Å². The number of thiophene rings is 1. The van der Waals surface area contributed by atoms with Gasteiger partial charge in [0.2, 0.25) is 0 Å². The third kappa shape index (κ3) is 3.35. The van der Waals surface area contributed by atoms with Crippen molar-refractivity contribution < 1.29 is 4.79 Å². The summed E-state index contributed by atoms with van der Waals surface area (Å²) in [5.74, 6) is -0.611. The van der Waals surface area contributed by atoms with Crippen molar-refractivity contribution in [2.24, 2.45) is 5.73 Å². The van der Waals surface area contributed by atoms with Crippen LogP contribution in [0.1, 0.15) is 21.7 Å². The maximum absolute atomic E-state index is 11.3. The summed E-state index contributed by atoms with van der Waals surface area (Å²) in [6, 6.07) is 1.96. The number of nitrogens with zero attached hydrogens (tertiary/aromatic N) is 2. The van der Waals surface area contributed by atoms with Crippen molar-refractivity contribution in [3.63, 3.8) is 0 Å². The summed E-state index contributed by atoms with van der Waals surface area (Å²) >= 11 is 1.16. The number of amides is 1. The Labute approximate surface area is 110 Å². The molecule has 1 heterocycles. The van der Waals surface area contributed by atoms with E-state index in [0.29, 0.717) is 16.4 Å². The molecule has 0 aromatic carbocycles.